The molecule has 0 fully saturated rings. The summed E-state index contributed by atoms with van der Waals surface area (Å²) >= 11 is 0.919. The van der Waals surface area contributed by atoms with Crippen LogP contribution in [0.1, 0.15) is 9.80 Å². The molecule has 0 aliphatic rings. The summed E-state index contributed by atoms with van der Waals surface area (Å²) in [6, 6.07) is 1.06. The fourth-order valence-corrected chi connectivity index (χ4v) is 1.83. The Morgan fingerprint density at radius 2 is 2.00 bits per heavy atom. The van der Waals surface area contributed by atoms with Gasteiger partial charge in [-0.25, -0.2) is 13.2 Å². The number of halogens is 3. The summed E-state index contributed by atoms with van der Waals surface area (Å²) in [5.74, 6) is -4.53. The zero-order valence-corrected chi connectivity index (χ0v) is 10.3. The first-order valence-electron chi connectivity index (χ1n) is 4.98. The van der Waals surface area contributed by atoms with Crippen LogP contribution in [-0.4, -0.2) is 23.2 Å². The minimum Gasteiger partial charge on any atom is -0.363 e. The number of benzene rings is 1. The van der Waals surface area contributed by atoms with Crippen molar-refractivity contribution < 1.29 is 18.0 Å². The Hall–Kier alpha value is -2.16. The molecule has 0 aliphatic heterocycles. The number of carbonyl (C=O) groups is 1. The van der Waals surface area contributed by atoms with Crippen molar-refractivity contribution in [3.8, 4) is 0 Å². The molecule has 0 aliphatic carbocycles. The average molecular weight is 288 g/mol. The number of anilines is 2. The number of nitrogens with zero attached hydrogens (tertiary/aromatic N) is 2. The minimum atomic E-state index is -1.39. The third kappa shape index (κ3) is 2.81. The lowest BCUT2D eigenvalue weighted by Crippen LogP contribution is -2.13. The summed E-state index contributed by atoms with van der Waals surface area (Å²) in [4.78, 5) is 11.7. The van der Waals surface area contributed by atoms with Crippen molar-refractivity contribution in [3.05, 3.63) is 34.6 Å². The van der Waals surface area contributed by atoms with Gasteiger partial charge in [-0.1, -0.05) is 11.3 Å². The number of aromatic nitrogens is 2. The van der Waals surface area contributed by atoms with E-state index in [1.165, 1.54) is 0 Å². The number of hydrogen-bond donors (Lipinski definition) is 2. The van der Waals surface area contributed by atoms with Crippen LogP contribution in [0.2, 0.25) is 0 Å². The summed E-state index contributed by atoms with van der Waals surface area (Å²) in [5, 5.41) is 12.2. The van der Waals surface area contributed by atoms with E-state index in [-0.39, 0.29) is 5.01 Å². The van der Waals surface area contributed by atoms with Gasteiger partial charge in [-0.15, -0.1) is 10.2 Å². The van der Waals surface area contributed by atoms with Gasteiger partial charge in [0.25, 0.3) is 5.91 Å². The van der Waals surface area contributed by atoms with Crippen LogP contribution in [0, 0.1) is 17.5 Å². The Balaban J connectivity index is 2.23. The molecule has 9 heteroatoms. The van der Waals surface area contributed by atoms with Crippen LogP contribution in [0.5, 0.6) is 0 Å². The van der Waals surface area contributed by atoms with Crippen LogP contribution in [0.15, 0.2) is 12.1 Å². The Labute approximate surface area is 109 Å². The van der Waals surface area contributed by atoms with E-state index in [1.807, 2.05) is 5.32 Å². The molecule has 1 aromatic heterocycles. The Kier molecular flexibility index (Phi) is 3.65. The fourth-order valence-electron chi connectivity index (χ4n) is 1.24. The number of hydrogen-bond acceptors (Lipinski definition) is 5. The van der Waals surface area contributed by atoms with Gasteiger partial charge < -0.3 is 10.6 Å². The van der Waals surface area contributed by atoms with E-state index in [9.17, 15) is 18.0 Å². The van der Waals surface area contributed by atoms with Crippen LogP contribution in [0.25, 0.3) is 0 Å². The minimum absolute atomic E-state index is 0.0616. The molecule has 19 heavy (non-hydrogen) atoms. The molecule has 0 atom stereocenters. The quantitative estimate of drug-likeness (QED) is 0.850. The summed E-state index contributed by atoms with van der Waals surface area (Å²) < 4.78 is 39.2. The van der Waals surface area contributed by atoms with Gasteiger partial charge in [0.2, 0.25) is 10.1 Å². The SMILES string of the molecule is CNc1nnc(C(=O)Nc2cc(F)cc(F)c2F)s1. The highest BCUT2D eigenvalue weighted by atomic mass is 32.1. The molecule has 2 N–H and O–H groups in total. The van der Waals surface area contributed by atoms with Crippen molar-refractivity contribution in [2.24, 2.45) is 0 Å². The van der Waals surface area contributed by atoms with E-state index >= 15 is 0 Å². The van der Waals surface area contributed by atoms with Gasteiger partial charge in [0.1, 0.15) is 5.82 Å². The monoisotopic (exact) mass is 288 g/mol. The third-order valence-electron chi connectivity index (χ3n) is 2.07. The summed E-state index contributed by atoms with van der Waals surface area (Å²) in [5.41, 5.74) is -0.594. The van der Waals surface area contributed by atoms with Gasteiger partial charge in [0, 0.05) is 19.2 Å². The Morgan fingerprint density at radius 3 is 2.63 bits per heavy atom. The van der Waals surface area contributed by atoms with E-state index in [1.54, 1.807) is 7.05 Å². The molecule has 2 aromatic rings. The van der Waals surface area contributed by atoms with Crippen LogP contribution in [0.3, 0.4) is 0 Å². The van der Waals surface area contributed by atoms with Gasteiger partial charge >= 0.3 is 0 Å². The molecule has 5 nitrogen and oxygen atoms in total. The first kappa shape index (κ1) is 13.3. The lowest BCUT2D eigenvalue weighted by molar-refractivity contribution is 0.102. The predicted octanol–water partition coefficient (Wildman–Crippen LogP) is 2.25. The van der Waals surface area contributed by atoms with Crippen molar-refractivity contribution in [2.75, 3.05) is 17.7 Å². The highest BCUT2D eigenvalue weighted by molar-refractivity contribution is 7.17. The summed E-state index contributed by atoms with van der Waals surface area (Å²) in [6.07, 6.45) is 0. The highest BCUT2D eigenvalue weighted by Crippen LogP contribution is 2.21. The molecule has 1 heterocycles. The second-order valence-corrected chi connectivity index (χ2v) is 4.34. The van der Waals surface area contributed by atoms with Crippen molar-refractivity contribution in [2.45, 2.75) is 0 Å². The smallest absolute Gasteiger partial charge is 0.286 e. The maximum atomic E-state index is 13.3. The summed E-state index contributed by atoms with van der Waals surface area (Å²) in [6.45, 7) is 0. The normalized spacial score (nSPS) is 10.3. The van der Waals surface area contributed by atoms with Gasteiger partial charge in [0.05, 0.1) is 5.69 Å². The lowest BCUT2D eigenvalue weighted by atomic mass is 10.3. The van der Waals surface area contributed by atoms with Crippen molar-refractivity contribution in [1.82, 2.24) is 10.2 Å². The molecule has 1 aromatic carbocycles. The van der Waals surface area contributed by atoms with Crippen LogP contribution >= 0.6 is 11.3 Å². The molecule has 0 bridgehead atoms. The Bertz CT molecular complexity index is 631. The van der Waals surface area contributed by atoms with Crippen molar-refractivity contribution in [3.63, 3.8) is 0 Å². The second kappa shape index (κ2) is 5.22. The van der Waals surface area contributed by atoms with Crippen LogP contribution < -0.4 is 10.6 Å². The van der Waals surface area contributed by atoms with E-state index < -0.39 is 29.0 Å². The van der Waals surface area contributed by atoms with E-state index in [4.69, 9.17) is 0 Å². The van der Waals surface area contributed by atoms with Crippen LogP contribution in [0.4, 0.5) is 24.0 Å². The molecule has 0 saturated carbocycles. The molecule has 100 valence electrons. The molecule has 0 saturated heterocycles. The van der Waals surface area contributed by atoms with E-state index in [2.05, 4.69) is 15.5 Å². The average Bonchev–Trinajstić information content (AvgIpc) is 2.84. The zero-order valence-electron chi connectivity index (χ0n) is 9.50. The number of amides is 1. The fraction of sp³-hybridized carbons (Fsp3) is 0.100. The standard InChI is InChI=1S/C10H7F3N4OS/c1-14-10-17-16-9(19-10)8(18)15-6-3-4(11)2-5(12)7(6)13/h2-3H,1H3,(H,14,17)(H,15,18). The topological polar surface area (TPSA) is 66.9 Å². The van der Waals surface area contributed by atoms with Gasteiger partial charge in [0.15, 0.2) is 11.6 Å². The highest BCUT2D eigenvalue weighted by Gasteiger charge is 2.17. The van der Waals surface area contributed by atoms with Gasteiger partial charge in [-0.2, -0.15) is 0 Å². The molecule has 1 amide bonds. The molecule has 2 rings (SSSR count). The molecular weight excluding hydrogens is 281 g/mol. The zero-order chi connectivity index (χ0) is 14.0. The maximum absolute atomic E-state index is 13.3. The first-order chi connectivity index (χ1) is 9.01. The van der Waals surface area contributed by atoms with E-state index in [0.29, 0.717) is 17.3 Å². The van der Waals surface area contributed by atoms with Gasteiger partial charge in [-0.3, -0.25) is 4.79 Å². The lowest BCUT2D eigenvalue weighted by Gasteiger charge is -2.05. The number of carbonyl (C=O) groups excluding carboxylic acids is 1. The molecule has 0 unspecified atom stereocenters. The molecular formula is C10H7F3N4OS. The van der Waals surface area contributed by atoms with Crippen molar-refractivity contribution in [1.29, 1.82) is 0 Å². The number of nitrogens with one attached hydrogen (secondary N) is 2. The largest absolute Gasteiger partial charge is 0.363 e. The number of rotatable bonds is 3. The summed E-state index contributed by atoms with van der Waals surface area (Å²) in [7, 11) is 1.59. The van der Waals surface area contributed by atoms with Crippen molar-refractivity contribution >= 4 is 28.1 Å². The van der Waals surface area contributed by atoms with E-state index in [0.717, 1.165) is 11.3 Å². The third-order valence-corrected chi connectivity index (χ3v) is 3.01. The maximum Gasteiger partial charge on any atom is 0.286 e. The predicted molar refractivity (Wildman–Crippen MR) is 63.7 cm³/mol. The van der Waals surface area contributed by atoms with Crippen LogP contribution in [-0.2, 0) is 0 Å². The van der Waals surface area contributed by atoms with Gasteiger partial charge in [-0.05, 0) is 0 Å². The molecule has 0 radical (unpaired) electrons. The first-order valence-corrected chi connectivity index (χ1v) is 5.80. The second-order valence-electron chi connectivity index (χ2n) is 3.37. The Morgan fingerprint density at radius 1 is 1.26 bits per heavy atom. The molecule has 0 spiro atoms.